The van der Waals surface area contributed by atoms with Crippen LogP contribution < -0.4 is 5.32 Å². The minimum Gasteiger partial charge on any atom is -0.315 e. The minimum absolute atomic E-state index is 0.965. The first-order chi connectivity index (χ1) is 8.58. The molecule has 0 unspecified atom stereocenters. The third kappa shape index (κ3) is 6.74. The van der Waals surface area contributed by atoms with Crippen LogP contribution in [-0.2, 0) is 13.6 Å². The molecular formula is C13H27N5. The van der Waals surface area contributed by atoms with Gasteiger partial charge in [-0.05, 0) is 40.7 Å². The molecule has 0 radical (unpaired) electrons. The van der Waals surface area contributed by atoms with Gasteiger partial charge in [0.25, 0.3) is 0 Å². The summed E-state index contributed by atoms with van der Waals surface area (Å²) in [4.78, 5) is 4.53. The van der Waals surface area contributed by atoms with E-state index >= 15 is 0 Å². The highest BCUT2D eigenvalue weighted by atomic mass is 15.2. The van der Waals surface area contributed by atoms with Gasteiger partial charge in [-0.15, -0.1) is 0 Å². The molecule has 104 valence electrons. The Morgan fingerprint density at radius 1 is 1.22 bits per heavy atom. The van der Waals surface area contributed by atoms with Crippen molar-refractivity contribution in [3.63, 3.8) is 0 Å². The molecule has 5 heteroatoms. The van der Waals surface area contributed by atoms with Crippen molar-refractivity contribution >= 4 is 0 Å². The predicted molar refractivity (Wildman–Crippen MR) is 75.6 cm³/mol. The highest BCUT2D eigenvalue weighted by molar-refractivity contribution is 5.02. The summed E-state index contributed by atoms with van der Waals surface area (Å²) in [5.41, 5.74) is 1.27. The number of likely N-dealkylation sites (N-methyl/N-ethyl adjacent to an activating group) is 1. The fourth-order valence-electron chi connectivity index (χ4n) is 1.86. The molecule has 0 aliphatic carbocycles. The second-order valence-electron chi connectivity index (χ2n) is 5.17. The Bertz CT molecular complexity index is 321. The molecule has 0 aliphatic heterocycles. The van der Waals surface area contributed by atoms with E-state index in [0.29, 0.717) is 0 Å². The van der Waals surface area contributed by atoms with Gasteiger partial charge in [0.05, 0.1) is 6.20 Å². The van der Waals surface area contributed by atoms with E-state index in [-0.39, 0.29) is 0 Å². The Labute approximate surface area is 111 Å². The predicted octanol–water partition coefficient (Wildman–Crippen LogP) is 0.393. The average molecular weight is 253 g/mol. The van der Waals surface area contributed by atoms with Crippen molar-refractivity contribution in [2.75, 3.05) is 47.3 Å². The van der Waals surface area contributed by atoms with Gasteiger partial charge in [-0.2, -0.15) is 5.10 Å². The standard InChI is InChI=1S/C13H27N5/c1-16(2)8-5-6-14-7-9-17(3)11-13-10-15-18(4)12-13/h10,12,14H,5-9,11H2,1-4H3. The zero-order chi connectivity index (χ0) is 13.4. The first kappa shape index (κ1) is 15.1. The average Bonchev–Trinajstić information content (AvgIpc) is 2.68. The first-order valence-electron chi connectivity index (χ1n) is 6.59. The number of rotatable bonds is 9. The van der Waals surface area contributed by atoms with Crippen molar-refractivity contribution in [2.24, 2.45) is 7.05 Å². The molecule has 18 heavy (non-hydrogen) atoms. The zero-order valence-electron chi connectivity index (χ0n) is 12.2. The van der Waals surface area contributed by atoms with Crippen LogP contribution in [0.2, 0.25) is 0 Å². The number of nitrogens with zero attached hydrogens (tertiary/aromatic N) is 4. The van der Waals surface area contributed by atoms with Gasteiger partial charge >= 0.3 is 0 Å². The van der Waals surface area contributed by atoms with Crippen LogP contribution in [0.3, 0.4) is 0 Å². The van der Waals surface area contributed by atoms with Crippen LogP contribution >= 0.6 is 0 Å². The quantitative estimate of drug-likeness (QED) is 0.646. The smallest absolute Gasteiger partial charge is 0.0534 e. The second kappa shape index (κ2) is 8.24. The van der Waals surface area contributed by atoms with E-state index in [1.165, 1.54) is 12.0 Å². The molecule has 1 aromatic heterocycles. The molecule has 1 heterocycles. The lowest BCUT2D eigenvalue weighted by Gasteiger charge is -2.16. The lowest BCUT2D eigenvalue weighted by Crippen LogP contribution is -2.30. The number of aryl methyl sites for hydroxylation is 1. The molecule has 1 rings (SSSR count). The Morgan fingerprint density at radius 3 is 2.61 bits per heavy atom. The van der Waals surface area contributed by atoms with Crippen LogP contribution in [0.1, 0.15) is 12.0 Å². The van der Waals surface area contributed by atoms with Gasteiger partial charge < -0.3 is 15.1 Å². The third-order valence-electron chi connectivity index (χ3n) is 2.84. The van der Waals surface area contributed by atoms with Gasteiger partial charge in [0.2, 0.25) is 0 Å². The largest absolute Gasteiger partial charge is 0.315 e. The van der Waals surface area contributed by atoms with Gasteiger partial charge in [-0.3, -0.25) is 4.68 Å². The van der Waals surface area contributed by atoms with Crippen LogP contribution in [0.25, 0.3) is 0 Å². The van der Waals surface area contributed by atoms with E-state index in [9.17, 15) is 0 Å². The monoisotopic (exact) mass is 253 g/mol. The molecule has 0 saturated carbocycles. The van der Waals surface area contributed by atoms with E-state index < -0.39 is 0 Å². The number of hydrogen-bond acceptors (Lipinski definition) is 4. The molecular weight excluding hydrogens is 226 g/mol. The van der Waals surface area contributed by atoms with Gasteiger partial charge in [0.1, 0.15) is 0 Å². The molecule has 0 aromatic carbocycles. The second-order valence-corrected chi connectivity index (χ2v) is 5.17. The maximum Gasteiger partial charge on any atom is 0.0534 e. The Hall–Kier alpha value is -0.910. The number of aromatic nitrogens is 2. The molecule has 5 nitrogen and oxygen atoms in total. The van der Waals surface area contributed by atoms with Crippen LogP contribution in [0.15, 0.2) is 12.4 Å². The van der Waals surface area contributed by atoms with Crippen molar-refractivity contribution < 1.29 is 0 Å². The van der Waals surface area contributed by atoms with E-state index in [2.05, 4.69) is 47.6 Å². The fourth-order valence-corrected chi connectivity index (χ4v) is 1.86. The Balaban J connectivity index is 2.01. The molecule has 0 atom stereocenters. The molecule has 0 aliphatic rings. The maximum atomic E-state index is 4.18. The highest BCUT2D eigenvalue weighted by Gasteiger charge is 2.01. The maximum absolute atomic E-state index is 4.18. The van der Waals surface area contributed by atoms with Gasteiger partial charge in [-0.1, -0.05) is 0 Å². The minimum atomic E-state index is 0.965. The summed E-state index contributed by atoms with van der Waals surface area (Å²) in [6, 6.07) is 0. The number of nitrogens with one attached hydrogen (secondary N) is 1. The van der Waals surface area contributed by atoms with E-state index in [0.717, 1.165) is 32.7 Å². The van der Waals surface area contributed by atoms with Crippen molar-refractivity contribution in [3.05, 3.63) is 18.0 Å². The van der Waals surface area contributed by atoms with Crippen molar-refractivity contribution in [2.45, 2.75) is 13.0 Å². The summed E-state index contributed by atoms with van der Waals surface area (Å²) in [5, 5.41) is 7.65. The van der Waals surface area contributed by atoms with Gasteiger partial charge in [0, 0.05) is 38.4 Å². The summed E-state index contributed by atoms with van der Waals surface area (Å²) in [6.07, 6.45) is 5.21. The fraction of sp³-hybridized carbons (Fsp3) is 0.769. The zero-order valence-corrected chi connectivity index (χ0v) is 12.2. The van der Waals surface area contributed by atoms with E-state index in [1.54, 1.807) is 0 Å². The van der Waals surface area contributed by atoms with Gasteiger partial charge in [-0.25, -0.2) is 0 Å². The topological polar surface area (TPSA) is 36.3 Å². The van der Waals surface area contributed by atoms with E-state index in [1.807, 2.05) is 17.9 Å². The normalized spacial score (nSPS) is 11.7. The summed E-state index contributed by atoms with van der Waals surface area (Å²) >= 11 is 0. The Kier molecular flexibility index (Phi) is 6.93. The molecule has 0 amide bonds. The van der Waals surface area contributed by atoms with Crippen molar-refractivity contribution in [1.29, 1.82) is 0 Å². The van der Waals surface area contributed by atoms with Crippen molar-refractivity contribution in [3.8, 4) is 0 Å². The lowest BCUT2D eigenvalue weighted by molar-refractivity contribution is 0.321. The van der Waals surface area contributed by atoms with Gasteiger partial charge in [0.15, 0.2) is 0 Å². The lowest BCUT2D eigenvalue weighted by atomic mass is 10.3. The van der Waals surface area contributed by atoms with Crippen molar-refractivity contribution in [1.82, 2.24) is 24.9 Å². The summed E-state index contributed by atoms with van der Waals surface area (Å²) in [7, 11) is 8.33. The van der Waals surface area contributed by atoms with Crippen LogP contribution in [0.4, 0.5) is 0 Å². The SMILES string of the molecule is CN(C)CCCNCCN(C)Cc1cnn(C)c1. The van der Waals surface area contributed by atoms with E-state index in [4.69, 9.17) is 0 Å². The van der Waals surface area contributed by atoms with Crippen LogP contribution in [0.5, 0.6) is 0 Å². The highest BCUT2D eigenvalue weighted by Crippen LogP contribution is 2.00. The summed E-state index contributed by atoms with van der Waals surface area (Å²) < 4.78 is 1.85. The molecule has 0 bridgehead atoms. The van der Waals surface area contributed by atoms with Crippen LogP contribution in [-0.4, -0.2) is 66.9 Å². The van der Waals surface area contributed by atoms with Crippen LogP contribution in [0, 0.1) is 0 Å². The molecule has 0 saturated heterocycles. The number of hydrogen-bond donors (Lipinski definition) is 1. The third-order valence-corrected chi connectivity index (χ3v) is 2.84. The molecule has 0 spiro atoms. The summed E-state index contributed by atoms with van der Waals surface area (Å²) in [6.45, 7) is 5.33. The Morgan fingerprint density at radius 2 is 2.00 bits per heavy atom. The summed E-state index contributed by atoms with van der Waals surface area (Å²) in [5.74, 6) is 0. The first-order valence-corrected chi connectivity index (χ1v) is 6.59. The molecule has 0 fully saturated rings. The molecule has 1 N–H and O–H groups in total. The molecule has 1 aromatic rings.